The van der Waals surface area contributed by atoms with Gasteiger partial charge in [-0.3, -0.25) is 0 Å². The summed E-state index contributed by atoms with van der Waals surface area (Å²) < 4.78 is 65.6. The summed E-state index contributed by atoms with van der Waals surface area (Å²) in [5.74, 6) is -3.28. The van der Waals surface area contributed by atoms with Crippen molar-refractivity contribution in [3.63, 3.8) is 0 Å². The normalized spacial score (nSPS) is 19.5. The quantitative estimate of drug-likeness (QED) is 0.214. The zero-order valence-electron chi connectivity index (χ0n) is 24.6. The van der Waals surface area contributed by atoms with Crippen LogP contribution in [0.3, 0.4) is 0 Å². The number of rotatable bonds is 11. The minimum atomic E-state index is -3.25. The fourth-order valence-corrected chi connectivity index (χ4v) is 13.4. The van der Waals surface area contributed by atoms with E-state index in [-0.39, 0.29) is 38.5 Å². The third-order valence-electron chi connectivity index (χ3n) is 7.26. The molecule has 1 fully saturated rings. The van der Waals surface area contributed by atoms with Crippen LogP contribution in [0.5, 0.6) is 11.6 Å². The molecule has 8 nitrogen and oxygen atoms in total. The van der Waals surface area contributed by atoms with Gasteiger partial charge in [0.15, 0.2) is 0 Å². The summed E-state index contributed by atoms with van der Waals surface area (Å²) >= 11 is -1.68. The third kappa shape index (κ3) is 6.23. The zero-order chi connectivity index (χ0) is 30.4. The van der Waals surface area contributed by atoms with Crippen molar-refractivity contribution in [3.8, 4) is 11.6 Å². The van der Waals surface area contributed by atoms with Crippen molar-refractivity contribution >= 4 is 35.6 Å². The number of hydrogen-bond acceptors (Lipinski definition) is 6. The first-order chi connectivity index (χ1) is 19.1. The molecule has 0 aromatic carbocycles. The maximum absolute atomic E-state index is 15.3. The first kappa shape index (κ1) is 31.6. The second-order valence-corrected chi connectivity index (χ2v) is 19.5. The van der Waals surface area contributed by atoms with Gasteiger partial charge in [-0.25, -0.2) is 0 Å². The number of fused-ring (bicyclic) bond motifs is 1. The fraction of sp³-hybridized carbons (Fsp3) is 0.552. The Morgan fingerprint density at radius 3 is 2.51 bits per heavy atom. The van der Waals surface area contributed by atoms with Crippen LogP contribution in [-0.4, -0.2) is 49.2 Å². The Balaban J connectivity index is 1.62. The maximum atomic E-state index is 15.3. The molecule has 0 aliphatic carbocycles. The van der Waals surface area contributed by atoms with Crippen molar-refractivity contribution in [2.45, 2.75) is 82.6 Å². The Kier molecular flexibility index (Phi) is 8.77. The van der Waals surface area contributed by atoms with Crippen LogP contribution in [0, 0.1) is 6.92 Å². The predicted molar refractivity (Wildman–Crippen MR) is 165 cm³/mol. The molecule has 1 atom stereocenters. The van der Waals surface area contributed by atoms with E-state index in [9.17, 15) is 13.2 Å². The summed E-state index contributed by atoms with van der Waals surface area (Å²) in [7, 11) is -3.25. The van der Waals surface area contributed by atoms with E-state index in [4.69, 9.17) is 4.74 Å². The van der Waals surface area contributed by atoms with Gasteiger partial charge in [-0.15, -0.1) is 0 Å². The number of allylic oxidation sites excluding steroid dienone is 1. The Morgan fingerprint density at radius 2 is 1.93 bits per heavy atom. The Bertz CT molecular complexity index is 1510. The van der Waals surface area contributed by atoms with E-state index < -0.39 is 47.0 Å². The van der Waals surface area contributed by atoms with Gasteiger partial charge in [-0.05, 0) is 0 Å². The van der Waals surface area contributed by atoms with Crippen LogP contribution in [0.25, 0.3) is 0 Å². The Morgan fingerprint density at radius 1 is 1.22 bits per heavy atom. The zero-order valence-corrected chi connectivity index (χ0v) is 27.6. The van der Waals surface area contributed by atoms with Gasteiger partial charge < -0.3 is 0 Å². The number of carbonyl (C=O) groups is 1. The monoisotopic (exact) mass is 704 g/mol. The summed E-state index contributed by atoms with van der Waals surface area (Å²) in [5, 5.41) is 7.57. The van der Waals surface area contributed by atoms with E-state index in [1.165, 1.54) is 12.4 Å². The van der Waals surface area contributed by atoms with Crippen LogP contribution in [-0.2, 0) is 27.7 Å². The molecule has 1 N–H and O–H groups in total. The molecular weight excluding hydrogens is 665 g/mol. The molecule has 2 aromatic heterocycles. The number of ether oxygens (including phenoxy) is 1. The van der Waals surface area contributed by atoms with Crippen LogP contribution in [0.1, 0.15) is 81.6 Å². The topological polar surface area (TPSA) is 103 Å². The van der Waals surface area contributed by atoms with E-state index in [0.717, 1.165) is 4.43 Å². The average Bonchev–Trinajstić information content (AvgIpc) is 3.54. The van der Waals surface area contributed by atoms with Gasteiger partial charge in [-0.2, -0.15) is 0 Å². The number of pyridine rings is 1. The molecule has 2 aromatic rings. The predicted octanol–water partition coefficient (Wildman–Crippen LogP) is 6.42. The number of aromatic nitrogens is 3. The molecule has 1 unspecified atom stereocenters. The number of halogens is 3. The number of nitrogens with zero attached hydrogens (tertiary/aromatic N) is 3. The van der Waals surface area contributed by atoms with E-state index >= 15 is 8.78 Å². The van der Waals surface area contributed by atoms with Crippen molar-refractivity contribution in [2.75, 3.05) is 16.7 Å². The van der Waals surface area contributed by atoms with Crippen LogP contribution in [0.4, 0.5) is 8.78 Å². The molecule has 2 aliphatic rings. The molecule has 2 aliphatic heterocycles. The van der Waals surface area contributed by atoms with Gasteiger partial charge in [0.05, 0.1) is 0 Å². The van der Waals surface area contributed by atoms with Gasteiger partial charge >= 0.3 is 229 Å². The van der Waals surface area contributed by atoms with Crippen molar-refractivity contribution in [1.29, 1.82) is 0 Å². The molecule has 0 saturated carbocycles. The van der Waals surface area contributed by atoms with E-state index in [1.807, 2.05) is 30.9 Å². The third-order valence-corrected chi connectivity index (χ3v) is 16.0. The van der Waals surface area contributed by atoms with Crippen LogP contribution in [0.2, 0.25) is 0 Å². The molecule has 1 saturated heterocycles. The number of aryl methyl sites for hydroxylation is 1. The van der Waals surface area contributed by atoms with Crippen LogP contribution >= 0.6 is 19.8 Å². The van der Waals surface area contributed by atoms with Crippen LogP contribution < -0.4 is 10.1 Å². The summed E-state index contributed by atoms with van der Waals surface area (Å²) in [5.41, 5.74) is 0.189. The molecule has 0 bridgehead atoms. The number of alkyl halides is 4. The van der Waals surface area contributed by atoms with E-state index in [0.29, 0.717) is 35.4 Å². The summed E-state index contributed by atoms with van der Waals surface area (Å²) in [6.07, 6.45) is 6.70. The second kappa shape index (κ2) is 11.4. The molecule has 226 valence electrons. The average molecular weight is 705 g/mol. The van der Waals surface area contributed by atoms with Gasteiger partial charge in [-0.1, -0.05) is 20.3 Å². The van der Waals surface area contributed by atoms with Gasteiger partial charge in [0, 0.05) is 0 Å². The number of nitrogens with one attached hydrogen (secondary N) is 1. The molecule has 12 heteroatoms. The Hall–Kier alpha value is -2.35. The van der Waals surface area contributed by atoms with Crippen LogP contribution in [0.15, 0.2) is 33.5 Å². The van der Waals surface area contributed by atoms with E-state index in [2.05, 4.69) is 15.4 Å². The van der Waals surface area contributed by atoms with Crippen molar-refractivity contribution in [1.82, 2.24) is 20.1 Å². The number of amides is 1. The van der Waals surface area contributed by atoms with Gasteiger partial charge in [0.1, 0.15) is 0 Å². The Labute approximate surface area is 248 Å². The second-order valence-electron chi connectivity index (χ2n) is 11.4. The molecule has 4 heterocycles. The standard InChI is InChI=1S/C29H39F2IN4O4S/c1-8-12-29(30,31)23-20(9-2)15-33-16-22(23)40-26-19(4)24(35-36(26)27(5,6)7)25(37)34-18-28-13-11-21(14-32(28)17-28)41(38,39)10-3/h11,13-16H,8-10,12,17-18H2,1-7H3,(H,34,37). The number of sulfone groups is 1. The van der Waals surface area contributed by atoms with E-state index in [1.54, 1.807) is 38.5 Å². The van der Waals surface area contributed by atoms with Crippen molar-refractivity contribution in [2.24, 2.45) is 0 Å². The molecule has 0 radical (unpaired) electrons. The molecular formula is C29H39F2IN4O4S. The minimum absolute atomic E-state index is 0.0493. The molecule has 41 heavy (non-hydrogen) atoms. The molecule has 1 amide bonds. The fourth-order valence-electron chi connectivity index (χ4n) is 4.78. The molecule has 4 rings (SSSR count). The van der Waals surface area contributed by atoms with Gasteiger partial charge in [0.2, 0.25) is 0 Å². The van der Waals surface area contributed by atoms with Crippen molar-refractivity contribution < 1.29 is 26.7 Å². The summed E-state index contributed by atoms with van der Waals surface area (Å²) in [6.45, 7) is 12.9. The first-order valence-corrected chi connectivity index (χ1v) is 19.3. The van der Waals surface area contributed by atoms with Crippen molar-refractivity contribution in [3.05, 3.63) is 55.9 Å². The van der Waals surface area contributed by atoms with Gasteiger partial charge in [0.25, 0.3) is 0 Å². The molecule has 0 spiro atoms. The summed E-state index contributed by atoms with van der Waals surface area (Å²) in [4.78, 5) is 18.0. The SMILES string of the molecule is CCCC(F)(F)c1c(CC)cncc1Oc1c(C)c(C(=O)NCC23C=CC(S(=O)(=O)CC)=CI2C3)nn1C(C)(C)C. The summed E-state index contributed by atoms with van der Waals surface area (Å²) in [6, 6.07) is 0. The first-order valence-electron chi connectivity index (χ1n) is 13.8. The number of hydrogen-bond donors (Lipinski definition) is 1. The number of carbonyl (C=O) groups excluding carboxylic acids is 1.